The number of aliphatic carboxylic acids is 1. The summed E-state index contributed by atoms with van der Waals surface area (Å²) >= 11 is 0. The molecule has 0 fully saturated rings. The number of amides is 2. The number of hydrogen-bond donors (Lipinski definition) is 4. The Morgan fingerprint density at radius 1 is 0.574 bits per heavy atom. The Bertz CT molecular complexity index is 968. The maximum absolute atomic E-state index is 12.7. The van der Waals surface area contributed by atoms with Crippen molar-refractivity contribution >= 4 is 23.8 Å². The van der Waals surface area contributed by atoms with E-state index < -0.39 is 24.5 Å². The molecule has 0 radical (unpaired) electrons. The highest BCUT2D eigenvalue weighted by molar-refractivity contribution is 5.87. The molecule has 0 rings (SSSR count). The first-order valence-electron chi connectivity index (χ1n) is 22.2. The van der Waals surface area contributed by atoms with Gasteiger partial charge in [-0.3, -0.25) is 14.4 Å². The van der Waals surface area contributed by atoms with Crippen LogP contribution in [0.25, 0.3) is 0 Å². The zero-order chi connectivity index (χ0) is 39.7. The molecule has 0 aromatic rings. The van der Waals surface area contributed by atoms with Crippen molar-refractivity contribution in [2.45, 2.75) is 225 Å². The molecule has 0 heterocycles. The molecule has 0 aliphatic rings. The van der Waals surface area contributed by atoms with Gasteiger partial charge in [0.25, 0.3) is 0 Å². The molecule has 2 amide bonds. The van der Waals surface area contributed by atoms with E-state index in [1.54, 1.807) is 0 Å². The lowest BCUT2D eigenvalue weighted by Crippen LogP contribution is -2.47. The van der Waals surface area contributed by atoms with Gasteiger partial charge in [-0.1, -0.05) is 173 Å². The van der Waals surface area contributed by atoms with Crippen LogP contribution in [0.15, 0.2) is 24.3 Å². The minimum atomic E-state index is -1.38. The third-order valence-electron chi connectivity index (χ3n) is 9.94. The normalized spacial score (nSPS) is 12.6. The van der Waals surface area contributed by atoms with Crippen LogP contribution in [-0.2, 0) is 23.9 Å². The van der Waals surface area contributed by atoms with Crippen molar-refractivity contribution in [3.05, 3.63) is 24.3 Å². The minimum absolute atomic E-state index is 0.0904. The fraction of sp³-hybridized carbons (Fsp3) is 0.822. The maximum Gasteiger partial charge on any atom is 0.328 e. The summed E-state index contributed by atoms with van der Waals surface area (Å²) in [5.74, 6) is -2.34. The molecule has 9 nitrogen and oxygen atoms in total. The Morgan fingerprint density at radius 3 is 1.57 bits per heavy atom. The summed E-state index contributed by atoms with van der Waals surface area (Å²) < 4.78 is 5.93. The van der Waals surface area contributed by atoms with Crippen LogP contribution >= 0.6 is 0 Å². The first kappa shape index (κ1) is 51.3. The number of aliphatic hydroxyl groups is 1. The van der Waals surface area contributed by atoms with Crippen molar-refractivity contribution in [1.82, 2.24) is 10.6 Å². The first-order chi connectivity index (χ1) is 26.3. The second-order valence-electron chi connectivity index (χ2n) is 15.1. The highest BCUT2D eigenvalue weighted by Crippen LogP contribution is 2.16. The summed E-state index contributed by atoms with van der Waals surface area (Å²) in [6.07, 6.45) is 43.7. The summed E-state index contributed by atoms with van der Waals surface area (Å²) in [6.45, 7) is 3.47. The lowest BCUT2D eigenvalue weighted by Gasteiger charge is -2.15. The largest absolute Gasteiger partial charge is 0.480 e. The molecule has 9 heteroatoms. The zero-order valence-electron chi connectivity index (χ0n) is 34.7. The van der Waals surface area contributed by atoms with Gasteiger partial charge in [0.2, 0.25) is 11.8 Å². The van der Waals surface area contributed by atoms with E-state index >= 15 is 0 Å². The minimum Gasteiger partial charge on any atom is -0.480 e. The highest BCUT2D eigenvalue weighted by Gasteiger charge is 2.18. The molecule has 0 spiro atoms. The monoisotopic (exact) mass is 763 g/mol. The number of unbranched alkanes of at least 4 members (excludes halogenated alkanes) is 24. The van der Waals surface area contributed by atoms with E-state index in [0.717, 1.165) is 64.2 Å². The fourth-order valence-corrected chi connectivity index (χ4v) is 6.49. The predicted octanol–water partition coefficient (Wildman–Crippen LogP) is 10.8. The van der Waals surface area contributed by atoms with Gasteiger partial charge in [0, 0.05) is 12.8 Å². The fourth-order valence-electron chi connectivity index (χ4n) is 6.49. The SMILES string of the molecule is CCCCCC/C=C\C/C=C\C(CCCCCCCCC(=O)NCC(=O)NC(CO)C(=O)O)OC(=O)CCCCCCCCCCCCCCCCCC. The average molecular weight is 763 g/mol. The molecule has 0 saturated heterocycles. The Kier molecular flexibility index (Phi) is 38.0. The van der Waals surface area contributed by atoms with E-state index in [0.29, 0.717) is 19.3 Å². The summed E-state index contributed by atoms with van der Waals surface area (Å²) in [4.78, 5) is 47.4. The summed E-state index contributed by atoms with van der Waals surface area (Å²) in [5, 5.41) is 22.5. The number of aliphatic hydroxyl groups excluding tert-OH is 1. The molecule has 54 heavy (non-hydrogen) atoms. The molecule has 0 aromatic carbocycles. The second kappa shape index (κ2) is 40.0. The Labute approximate surface area is 330 Å². The van der Waals surface area contributed by atoms with Crippen LogP contribution in [0.4, 0.5) is 0 Å². The van der Waals surface area contributed by atoms with Gasteiger partial charge >= 0.3 is 11.9 Å². The van der Waals surface area contributed by atoms with Gasteiger partial charge in [-0.15, -0.1) is 0 Å². The van der Waals surface area contributed by atoms with E-state index in [4.69, 9.17) is 14.9 Å². The highest BCUT2D eigenvalue weighted by atomic mass is 16.5. The molecule has 0 saturated carbocycles. The van der Waals surface area contributed by atoms with Crippen molar-refractivity contribution in [2.24, 2.45) is 0 Å². The summed E-state index contributed by atoms with van der Waals surface area (Å²) in [5.41, 5.74) is 0. The zero-order valence-corrected chi connectivity index (χ0v) is 34.7. The third kappa shape index (κ3) is 36.3. The molecule has 2 unspecified atom stereocenters. The standard InChI is InChI=1S/C45H82N2O7/c1-3-5-7-9-11-13-14-15-16-17-18-19-21-23-29-33-37-44(51)54-40(34-30-26-22-20-12-10-8-6-4-2)35-31-27-24-25-28-32-36-42(49)46-38-43(50)47-41(39-48)45(52)53/h20,22,30,34,40-41,48H,3-19,21,23-29,31-33,35-39H2,1-2H3,(H,46,49)(H,47,50)(H,52,53)/b22-20-,34-30-. The number of carbonyl (C=O) groups is 4. The van der Waals surface area contributed by atoms with Crippen LogP contribution in [0.2, 0.25) is 0 Å². The quantitative estimate of drug-likeness (QED) is 0.0276. The number of esters is 1. The van der Waals surface area contributed by atoms with Gasteiger partial charge in [-0.05, 0) is 51.0 Å². The van der Waals surface area contributed by atoms with Crippen LogP contribution in [0.1, 0.15) is 213 Å². The van der Waals surface area contributed by atoms with E-state index in [-0.39, 0.29) is 24.5 Å². The average Bonchev–Trinajstić information content (AvgIpc) is 3.15. The van der Waals surface area contributed by atoms with Crippen LogP contribution in [0.3, 0.4) is 0 Å². The topological polar surface area (TPSA) is 142 Å². The predicted molar refractivity (Wildman–Crippen MR) is 222 cm³/mol. The van der Waals surface area contributed by atoms with Crippen LogP contribution in [0.5, 0.6) is 0 Å². The van der Waals surface area contributed by atoms with Crippen LogP contribution < -0.4 is 10.6 Å². The molecule has 0 bridgehead atoms. The van der Waals surface area contributed by atoms with E-state index in [1.165, 1.54) is 116 Å². The molecular formula is C45H82N2O7. The molecule has 0 aliphatic carbocycles. The first-order valence-corrected chi connectivity index (χ1v) is 22.2. The number of rotatable bonds is 40. The van der Waals surface area contributed by atoms with E-state index in [1.807, 2.05) is 0 Å². The van der Waals surface area contributed by atoms with Gasteiger partial charge < -0.3 is 25.6 Å². The van der Waals surface area contributed by atoms with Gasteiger partial charge in [-0.25, -0.2) is 4.79 Å². The summed E-state index contributed by atoms with van der Waals surface area (Å²) in [7, 11) is 0. The van der Waals surface area contributed by atoms with Gasteiger partial charge in [0.15, 0.2) is 0 Å². The third-order valence-corrected chi connectivity index (χ3v) is 9.94. The van der Waals surface area contributed by atoms with Gasteiger partial charge in [0.1, 0.15) is 12.1 Å². The Morgan fingerprint density at radius 2 is 1.06 bits per heavy atom. The Balaban J connectivity index is 4.24. The van der Waals surface area contributed by atoms with Crippen LogP contribution in [-0.4, -0.2) is 59.3 Å². The molecule has 0 aromatic heterocycles. The number of hydrogen-bond acceptors (Lipinski definition) is 6. The molecule has 2 atom stereocenters. The van der Waals surface area contributed by atoms with E-state index in [9.17, 15) is 19.2 Å². The lowest BCUT2D eigenvalue weighted by atomic mass is 10.0. The molecule has 4 N–H and O–H groups in total. The number of nitrogens with one attached hydrogen (secondary N) is 2. The smallest absolute Gasteiger partial charge is 0.328 e. The van der Waals surface area contributed by atoms with Crippen molar-refractivity contribution < 1.29 is 34.1 Å². The van der Waals surface area contributed by atoms with Crippen molar-refractivity contribution in [3.63, 3.8) is 0 Å². The number of allylic oxidation sites excluding steroid dienone is 3. The van der Waals surface area contributed by atoms with Gasteiger partial charge in [0.05, 0.1) is 13.2 Å². The number of carboxylic acids is 1. The number of ether oxygens (including phenoxy) is 1. The molecule has 314 valence electrons. The Hall–Kier alpha value is -2.68. The van der Waals surface area contributed by atoms with Crippen molar-refractivity contribution in [2.75, 3.05) is 13.2 Å². The number of carboxylic acid groups (broad SMARTS) is 1. The maximum atomic E-state index is 12.7. The van der Waals surface area contributed by atoms with Gasteiger partial charge in [-0.2, -0.15) is 0 Å². The molecule has 0 aliphatic heterocycles. The molecular weight excluding hydrogens is 681 g/mol. The summed E-state index contributed by atoms with van der Waals surface area (Å²) in [6, 6.07) is -1.38. The van der Waals surface area contributed by atoms with Crippen molar-refractivity contribution in [1.29, 1.82) is 0 Å². The van der Waals surface area contributed by atoms with E-state index in [2.05, 4.69) is 48.8 Å². The van der Waals surface area contributed by atoms with Crippen LogP contribution in [0, 0.1) is 0 Å². The second-order valence-corrected chi connectivity index (χ2v) is 15.1. The van der Waals surface area contributed by atoms with Crippen molar-refractivity contribution in [3.8, 4) is 0 Å². The lowest BCUT2D eigenvalue weighted by molar-refractivity contribution is -0.147. The number of carbonyl (C=O) groups excluding carboxylic acids is 3.